The molecule has 0 unspecified atom stereocenters. The molecule has 1 aromatic carbocycles. The van der Waals surface area contributed by atoms with Crippen LogP contribution in [-0.2, 0) is 18.4 Å². The second-order valence-electron chi connectivity index (χ2n) is 6.69. The third-order valence-electron chi connectivity index (χ3n) is 4.88. The molecule has 0 atom stereocenters. The smallest absolute Gasteiger partial charge is 0.219 e. The van der Waals surface area contributed by atoms with Crippen molar-refractivity contribution in [3.05, 3.63) is 47.1 Å². The van der Waals surface area contributed by atoms with Gasteiger partial charge < -0.3 is 14.0 Å². The van der Waals surface area contributed by atoms with Gasteiger partial charge in [0.2, 0.25) is 5.88 Å². The number of aromatic amines is 1. The number of nitrogens with one attached hydrogen (secondary N) is 1. The molecule has 8 nitrogen and oxygen atoms in total. The summed E-state index contributed by atoms with van der Waals surface area (Å²) in [5.74, 6) is 1.45. The Morgan fingerprint density at radius 1 is 1.18 bits per heavy atom. The maximum atomic E-state index is 5.97. The van der Waals surface area contributed by atoms with Crippen LogP contribution in [0.5, 0.6) is 5.88 Å². The van der Waals surface area contributed by atoms with Crippen molar-refractivity contribution in [2.24, 2.45) is 7.05 Å². The normalized spacial score (nSPS) is 15.5. The fourth-order valence-corrected chi connectivity index (χ4v) is 3.40. The van der Waals surface area contributed by atoms with Gasteiger partial charge in [0, 0.05) is 18.0 Å². The van der Waals surface area contributed by atoms with E-state index in [1.165, 1.54) is 0 Å². The van der Waals surface area contributed by atoms with E-state index in [9.17, 15) is 0 Å². The Balaban J connectivity index is 1.66. The number of H-pyrrole nitrogens is 1. The third kappa shape index (κ3) is 2.78. The number of hydrogen-bond donors (Lipinski definition) is 1. The molecular formula is C20H19N5O3. The van der Waals surface area contributed by atoms with Crippen molar-refractivity contribution in [1.29, 1.82) is 0 Å². The Morgan fingerprint density at radius 2 is 2.11 bits per heavy atom. The summed E-state index contributed by atoms with van der Waals surface area (Å²) < 4.78 is 18.8. The van der Waals surface area contributed by atoms with E-state index in [1.807, 2.05) is 44.5 Å². The van der Waals surface area contributed by atoms with Crippen LogP contribution in [0, 0.1) is 6.92 Å². The number of hydrogen-bond acceptors (Lipinski definition) is 6. The van der Waals surface area contributed by atoms with E-state index in [1.54, 1.807) is 4.68 Å². The van der Waals surface area contributed by atoms with Gasteiger partial charge in [-0.1, -0.05) is 11.2 Å². The van der Waals surface area contributed by atoms with Crippen LogP contribution in [0.3, 0.4) is 0 Å². The molecule has 2 bridgehead atoms. The van der Waals surface area contributed by atoms with E-state index in [4.69, 9.17) is 14.0 Å². The first-order valence-corrected chi connectivity index (χ1v) is 9.05. The molecule has 0 saturated carbocycles. The quantitative estimate of drug-likeness (QED) is 0.505. The largest absolute Gasteiger partial charge is 0.475 e. The Hall–Kier alpha value is -3.39. The molecule has 1 N–H and O–H groups in total. The summed E-state index contributed by atoms with van der Waals surface area (Å²) in [6.07, 6.45) is 5.79. The highest BCUT2D eigenvalue weighted by atomic mass is 16.5. The number of rotatable bonds is 0. The Labute approximate surface area is 160 Å². The van der Waals surface area contributed by atoms with Crippen molar-refractivity contribution >= 4 is 23.1 Å². The first-order chi connectivity index (χ1) is 13.7. The molecule has 3 aromatic heterocycles. The molecular weight excluding hydrogens is 358 g/mol. The highest BCUT2D eigenvalue weighted by Crippen LogP contribution is 2.32. The lowest BCUT2D eigenvalue weighted by atomic mass is 10.0. The SMILES string of the molecule is Cc1onc2c1/C=C/c1[nH]nc3ccc(cc13)-c1cnn(C)c1OCCOC2. The minimum atomic E-state index is 0.352. The van der Waals surface area contributed by atoms with E-state index in [-0.39, 0.29) is 0 Å². The summed E-state index contributed by atoms with van der Waals surface area (Å²) in [4.78, 5) is 0. The van der Waals surface area contributed by atoms with Crippen molar-refractivity contribution in [3.8, 4) is 17.0 Å². The Kier molecular flexibility index (Phi) is 3.98. The fourth-order valence-electron chi connectivity index (χ4n) is 3.40. The summed E-state index contributed by atoms with van der Waals surface area (Å²) in [7, 11) is 1.86. The minimum Gasteiger partial charge on any atom is -0.475 e. The molecule has 4 aromatic rings. The summed E-state index contributed by atoms with van der Waals surface area (Å²) >= 11 is 0. The summed E-state index contributed by atoms with van der Waals surface area (Å²) in [5.41, 5.74) is 5.43. The molecule has 4 heterocycles. The van der Waals surface area contributed by atoms with Crippen molar-refractivity contribution < 1.29 is 14.0 Å². The number of fused-ring (bicyclic) bond motifs is 4. The average Bonchev–Trinajstić information content (AvgIpc) is 3.37. The van der Waals surface area contributed by atoms with Crippen LogP contribution in [0.2, 0.25) is 0 Å². The van der Waals surface area contributed by atoms with Gasteiger partial charge in [-0.15, -0.1) is 0 Å². The topological polar surface area (TPSA) is 91.0 Å². The van der Waals surface area contributed by atoms with Crippen molar-refractivity contribution in [2.75, 3.05) is 13.2 Å². The van der Waals surface area contributed by atoms with E-state index in [0.717, 1.165) is 44.7 Å². The Bertz CT molecular complexity index is 1180. The summed E-state index contributed by atoms with van der Waals surface area (Å²) in [6, 6.07) is 6.11. The van der Waals surface area contributed by atoms with E-state index in [0.29, 0.717) is 25.7 Å². The van der Waals surface area contributed by atoms with Gasteiger partial charge in [0.1, 0.15) is 18.1 Å². The molecule has 142 valence electrons. The monoisotopic (exact) mass is 377 g/mol. The molecule has 0 aliphatic carbocycles. The highest BCUT2D eigenvalue weighted by Gasteiger charge is 2.16. The summed E-state index contributed by atoms with van der Waals surface area (Å²) in [6.45, 7) is 3.08. The van der Waals surface area contributed by atoms with Gasteiger partial charge >= 0.3 is 0 Å². The number of aryl methyl sites for hydroxylation is 2. The molecule has 0 fully saturated rings. The molecule has 0 amide bonds. The van der Waals surface area contributed by atoms with Crippen LogP contribution < -0.4 is 4.74 Å². The first-order valence-electron chi connectivity index (χ1n) is 9.05. The van der Waals surface area contributed by atoms with Crippen LogP contribution in [0.1, 0.15) is 22.7 Å². The molecule has 0 spiro atoms. The summed E-state index contributed by atoms with van der Waals surface area (Å²) in [5, 5.41) is 17.0. The van der Waals surface area contributed by atoms with Crippen molar-refractivity contribution in [3.63, 3.8) is 0 Å². The van der Waals surface area contributed by atoms with Gasteiger partial charge in [-0.25, -0.2) is 4.68 Å². The lowest BCUT2D eigenvalue weighted by Gasteiger charge is -2.09. The van der Waals surface area contributed by atoms with E-state index >= 15 is 0 Å². The van der Waals surface area contributed by atoms with Crippen LogP contribution in [-0.4, -0.2) is 38.3 Å². The average molecular weight is 377 g/mol. The minimum absolute atomic E-state index is 0.352. The molecule has 0 saturated heterocycles. The van der Waals surface area contributed by atoms with Gasteiger partial charge in [0.15, 0.2) is 0 Å². The van der Waals surface area contributed by atoms with Gasteiger partial charge in [0.25, 0.3) is 0 Å². The van der Waals surface area contributed by atoms with E-state index in [2.05, 4.69) is 26.5 Å². The molecule has 0 radical (unpaired) electrons. The van der Waals surface area contributed by atoms with Crippen LogP contribution in [0.4, 0.5) is 0 Å². The molecule has 1 aliphatic rings. The number of nitrogens with zero attached hydrogens (tertiary/aromatic N) is 4. The van der Waals surface area contributed by atoms with E-state index < -0.39 is 0 Å². The lowest BCUT2D eigenvalue weighted by molar-refractivity contribution is 0.0826. The molecule has 5 rings (SSSR count). The molecule has 1 aliphatic heterocycles. The second-order valence-corrected chi connectivity index (χ2v) is 6.69. The maximum absolute atomic E-state index is 5.97. The van der Waals surface area contributed by atoms with Gasteiger partial charge in [-0.05, 0) is 36.8 Å². The van der Waals surface area contributed by atoms with Crippen molar-refractivity contribution in [2.45, 2.75) is 13.5 Å². The van der Waals surface area contributed by atoms with Gasteiger partial charge in [0.05, 0.1) is 36.2 Å². The zero-order valence-electron chi connectivity index (χ0n) is 15.6. The highest BCUT2D eigenvalue weighted by molar-refractivity contribution is 5.93. The molecule has 28 heavy (non-hydrogen) atoms. The number of ether oxygens (including phenoxy) is 2. The van der Waals surface area contributed by atoms with Crippen LogP contribution >= 0.6 is 0 Å². The zero-order valence-corrected chi connectivity index (χ0v) is 15.6. The molecule has 8 heteroatoms. The van der Waals surface area contributed by atoms with Gasteiger partial charge in [-0.2, -0.15) is 10.2 Å². The first kappa shape index (κ1) is 16.8. The third-order valence-corrected chi connectivity index (χ3v) is 4.88. The number of aromatic nitrogens is 5. The van der Waals surface area contributed by atoms with Crippen LogP contribution in [0.25, 0.3) is 34.2 Å². The second kappa shape index (κ2) is 6.65. The standard InChI is InChI=1S/C20H19N5O3/c1-12-14-4-6-18-15-9-13(3-5-17(15)22-23-18)16-10-21-25(2)20(16)27-8-7-26-11-19(14)24-28-12/h3-6,9-10H,7-8,11H2,1-2H3,(H,22,23)/b6-4+. The lowest BCUT2D eigenvalue weighted by Crippen LogP contribution is -2.10. The zero-order chi connectivity index (χ0) is 19.1. The maximum Gasteiger partial charge on any atom is 0.219 e. The van der Waals surface area contributed by atoms with Crippen molar-refractivity contribution in [1.82, 2.24) is 25.1 Å². The number of benzene rings is 1. The predicted molar refractivity (Wildman–Crippen MR) is 104 cm³/mol. The van der Waals surface area contributed by atoms with Gasteiger partial charge in [-0.3, -0.25) is 5.10 Å². The Morgan fingerprint density at radius 3 is 3.04 bits per heavy atom. The van der Waals surface area contributed by atoms with Crippen LogP contribution in [0.15, 0.2) is 28.9 Å². The predicted octanol–water partition coefficient (Wildman–Crippen LogP) is 3.34. The fraction of sp³-hybridized carbons (Fsp3) is 0.250.